The summed E-state index contributed by atoms with van der Waals surface area (Å²) in [6.07, 6.45) is 2.26. The molecule has 0 aliphatic rings. The first kappa shape index (κ1) is 16.5. The predicted octanol–water partition coefficient (Wildman–Crippen LogP) is -0.499. The number of aryl methyl sites for hydroxylation is 1. The number of esters is 1. The third-order valence-electron chi connectivity index (χ3n) is 2.57. The van der Waals surface area contributed by atoms with E-state index < -0.39 is 12.0 Å². The van der Waals surface area contributed by atoms with Gasteiger partial charge in [-0.15, -0.1) is 5.10 Å². The SMILES string of the molecule is CCOC(=O)C(NCCOC)c1cn(CCCO)nn1. The summed E-state index contributed by atoms with van der Waals surface area (Å²) in [7, 11) is 1.59. The van der Waals surface area contributed by atoms with Crippen molar-refractivity contribution in [2.75, 3.05) is 33.5 Å². The number of rotatable bonds is 10. The normalized spacial score (nSPS) is 12.3. The quantitative estimate of drug-likeness (QED) is 0.442. The largest absolute Gasteiger partial charge is 0.465 e. The van der Waals surface area contributed by atoms with Crippen LogP contribution in [0.2, 0.25) is 0 Å². The molecule has 0 saturated heterocycles. The fraction of sp³-hybridized carbons (Fsp3) is 0.750. The Morgan fingerprint density at radius 3 is 3.05 bits per heavy atom. The number of carbonyl (C=O) groups is 1. The molecule has 1 aromatic rings. The van der Waals surface area contributed by atoms with Crippen molar-refractivity contribution in [2.45, 2.75) is 25.9 Å². The minimum atomic E-state index is -0.659. The van der Waals surface area contributed by atoms with Gasteiger partial charge in [-0.3, -0.25) is 10.00 Å². The Morgan fingerprint density at radius 1 is 1.60 bits per heavy atom. The molecule has 0 radical (unpaired) electrons. The summed E-state index contributed by atoms with van der Waals surface area (Å²) in [4.78, 5) is 11.9. The zero-order valence-corrected chi connectivity index (χ0v) is 11.9. The van der Waals surface area contributed by atoms with Gasteiger partial charge in [0.05, 0.1) is 19.4 Å². The summed E-state index contributed by atoms with van der Waals surface area (Å²) in [6.45, 7) is 3.68. The van der Waals surface area contributed by atoms with E-state index >= 15 is 0 Å². The van der Waals surface area contributed by atoms with Crippen LogP contribution in [-0.2, 0) is 20.8 Å². The summed E-state index contributed by atoms with van der Waals surface area (Å²) >= 11 is 0. The van der Waals surface area contributed by atoms with Gasteiger partial charge in [-0.05, 0) is 13.3 Å². The molecule has 0 aromatic carbocycles. The maximum absolute atomic E-state index is 11.9. The molecule has 0 aliphatic carbocycles. The molecule has 0 aliphatic heterocycles. The lowest BCUT2D eigenvalue weighted by atomic mass is 10.2. The van der Waals surface area contributed by atoms with Gasteiger partial charge in [-0.1, -0.05) is 5.21 Å². The van der Waals surface area contributed by atoms with Crippen molar-refractivity contribution >= 4 is 5.97 Å². The summed E-state index contributed by atoms with van der Waals surface area (Å²) in [6, 6.07) is -0.659. The lowest BCUT2D eigenvalue weighted by Crippen LogP contribution is -2.32. The second-order valence-corrected chi connectivity index (χ2v) is 4.12. The summed E-state index contributed by atoms with van der Waals surface area (Å²) in [5, 5.41) is 19.7. The number of nitrogens with zero attached hydrogens (tertiary/aromatic N) is 3. The smallest absolute Gasteiger partial charge is 0.329 e. The average molecular weight is 286 g/mol. The van der Waals surface area contributed by atoms with E-state index in [4.69, 9.17) is 14.6 Å². The van der Waals surface area contributed by atoms with Crippen molar-refractivity contribution < 1.29 is 19.4 Å². The second-order valence-electron chi connectivity index (χ2n) is 4.12. The van der Waals surface area contributed by atoms with E-state index in [9.17, 15) is 4.79 Å². The first-order valence-corrected chi connectivity index (χ1v) is 6.62. The molecule has 1 atom stereocenters. The number of hydrogen-bond acceptors (Lipinski definition) is 7. The molecule has 114 valence electrons. The highest BCUT2D eigenvalue weighted by molar-refractivity contribution is 5.76. The molecule has 1 aromatic heterocycles. The number of aliphatic hydroxyl groups is 1. The van der Waals surface area contributed by atoms with Gasteiger partial charge in [0.1, 0.15) is 5.69 Å². The van der Waals surface area contributed by atoms with Crippen molar-refractivity contribution in [3.8, 4) is 0 Å². The zero-order chi connectivity index (χ0) is 14.8. The van der Waals surface area contributed by atoms with Gasteiger partial charge in [-0.25, -0.2) is 4.79 Å². The van der Waals surface area contributed by atoms with Crippen LogP contribution in [0.25, 0.3) is 0 Å². The van der Waals surface area contributed by atoms with E-state index in [1.54, 1.807) is 24.9 Å². The molecule has 8 nitrogen and oxygen atoms in total. The molecule has 2 N–H and O–H groups in total. The highest BCUT2D eigenvalue weighted by Gasteiger charge is 2.24. The molecule has 0 bridgehead atoms. The molecule has 20 heavy (non-hydrogen) atoms. The number of methoxy groups -OCH3 is 1. The predicted molar refractivity (Wildman–Crippen MR) is 71.0 cm³/mol. The molecule has 0 amide bonds. The highest BCUT2D eigenvalue weighted by Crippen LogP contribution is 2.11. The highest BCUT2D eigenvalue weighted by atomic mass is 16.5. The topological polar surface area (TPSA) is 98.5 Å². The first-order chi connectivity index (χ1) is 9.72. The van der Waals surface area contributed by atoms with Crippen LogP contribution in [0.1, 0.15) is 25.1 Å². The van der Waals surface area contributed by atoms with Crippen molar-refractivity contribution in [1.82, 2.24) is 20.3 Å². The molecule has 1 unspecified atom stereocenters. The Morgan fingerprint density at radius 2 is 2.40 bits per heavy atom. The number of aromatic nitrogens is 3. The van der Waals surface area contributed by atoms with Crippen LogP contribution in [0.4, 0.5) is 0 Å². The van der Waals surface area contributed by atoms with Crippen LogP contribution in [-0.4, -0.2) is 59.5 Å². The number of carbonyl (C=O) groups excluding carboxylic acids is 1. The van der Waals surface area contributed by atoms with Crippen molar-refractivity contribution in [3.63, 3.8) is 0 Å². The Hall–Kier alpha value is -1.51. The van der Waals surface area contributed by atoms with Gasteiger partial charge in [-0.2, -0.15) is 0 Å². The molecule has 1 heterocycles. The third-order valence-corrected chi connectivity index (χ3v) is 2.57. The van der Waals surface area contributed by atoms with Crippen molar-refractivity contribution in [2.24, 2.45) is 0 Å². The summed E-state index contributed by atoms with van der Waals surface area (Å²) in [5.41, 5.74) is 0.498. The Labute approximate surface area is 118 Å². The molecule has 1 rings (SSSR count). The maximum atomic E-state index is 11.9. The molecular weight excluding hydrogens is 264 g/mol. The van der Waals surface area contributed by atoms with Gasteiger partial charge in [0, 0.05) is 26.8 Å². The third kappa shape index (κ3) is 5.24. The van der Waals surface area contributed by atoms with Gasteiger partial charge < -0.3 is 14.6 Å². The summed E-state index contributed by atoms with van der Waals surface area (Å²) < 4.78 is 11.6. The Balaban J connectivity index is 2.69. The van der Waals surface area contributed by atoms with Crippen molar-refractivity contribution in [3.05, 3.63) is 11.9 Å². The molecule has 8 heteroatoms. The standard InChI is InChI=1S/C12H22N4O4/c1-3-20-12(18)11(13-5-8-19-2)10-9-16(15-14-10)6-4-7-17/h9,11,13,17H,3-8H2,1-2H3. The van der Waals surface area contributed by atoms with Crippen LogP contribution in [0.15, 0.2) is 6.20 Å². The zero-order valence-electron chi connectivity index (χ0n) is 11.9. The van der Waals surface area contributed by atoms with Crippen molar-refractivity contribution in [1.29, 1.82) is 0 Å². The van der Waals surface area contributed by atoms with Crippen LogP contribution in [0, 0.1) is 0 Å². The van der Waals surface area contributed by atoms with Crippen LogP contribution < -0.4 is 5.32 Å². The lowest BCUT2D eigenvalue weighted by molar-refractivity contribution is -0.146. The fourth-order valence-corrected chi connectivity index (χ4v) is 1.63. The second kappa shape index (κ2) is 9.40. The molecule has 0 spiro atoms. The van der Waals surface area contributed by atoms with E-state index in [0.29, 0.717) is 38.4 Å². The monoisotopic (exact) mass is 286 g/mol. The average Bonchev–Trinajstić information content (AvgIpc) is 2.90. The number of nitrogens with one attached hydrogen (secondary N) is 1. The summed E-state index contributed by atoms with van der Waals surface area (Å²) in [5.74, 6) is -0.391. The number of ether oxygens (including phenoxy) is 2. The van der Waals surface area contributed by atoms with E-state index in [1.807, 2.05) is 0 Å². The minimum Gasteiger partial charge on any atom is -0.465 e. The first-order valence-electron chi connectivity index (χ1n) is 6.62. The van der Waals surface area contributed by atoms with E-state index in [1.165, 1.54) is 0 Å². The van der Waals surface area contributed by atoms with Gasteiger partial charge in [0.15, 0.2) is 6.04 Å². The number of aliphatic hydroxyl groups excluding tert-OH is 1. The Bertz CT molecular complexity index is 397. The van der Waals surface area contributed by atoms with Gasteiger partial charge in [0.25, 0.3) is 0 Å². The molecule has 0 fully saturated rings. The van der Waals surface area contributed by atoms with Gasteiger partial charge >= 0.3 is 5.97 Å². The maximum Gasteiger partial charge on any atom is 0.329 e. The minimum absolute atomic E-state index is 0.0859. The van der Waals surface area contributed by atoms with Crippen LogP contribution in [0.3, 0.4) is 0 Å². The molecule has 0 saturated carbocycles. The molecular formula is C12H22N4O4. The van der Waals surface area contributed by atoms with E-state index in [2.05, 4.69) is 15.6 Å². The van der Waals surface area contributed by atoms with Gasteiger partial charge in [0.2, 0.25) is 0 Å². The lowest BCUT2D eigenvalue weighted by Gasteiger charge is -2.14. The Kier molecular flexibility index (Phi) is 7.78. The van der Waals surface area contributed by atoms with E-state index in [0.717, 1.165) is 0 Å². The number of hydrogen-bond donors (Lipinski definition) is 2. The van der Waals surface area contributed by atoms with E-state index in [-0.39, 0.29) is 6.61 Å². The van der Waals surface area contributed by atoms with Crippen LogP contribution in [0.5, 0.6) is 0 Å². The van der Waals surface area contributed by atoms with Crippen LogP contribution >= 0.6 is 0 Å². The fourth-order valence-electron chi connectivity index (χ4n) is 1.63.